The number of carbonyl (C=O) groups is 2. The van der Waals surface area contributed by atoms with E-state index < -0.39 is 5.97 Å². The van der Waals surface area contributed by atoms with Gasteiger partial charge in [-0.3, -0.25) is 4.79 Å². The van der Waals surface area contributed by atoms with E-state index in [0.717, 1.165) is 4.88 Å². The van der Waals surface area contributed by atoms with Gasteiger partial charge < -0.3 is 23.7 Å². The molecule has 3 aromatic rings. The fraction of sp³-hybridized carbons (Fsp3) is 0.167. The Morgan fingerprint density at radius 1 is 1.00 bits per heavy atom. The quantitative estimate of drug-likeness (QED) is 0.298. The number of Topliss-reactive ketones (excluding diaryl/α,β-unsaturated/α-hetero) is 1. The molecular formula is C24H20O7S. The first-order valence-corrected chi connectivity index (χ1v) is 10.5. The molecule has 1 aliphatic heterocycles. The maximum absolute atomic E-state index is 12.9. The van der Waals surface area contributed by atoms with Crippen molar-refractivity contribution in [1.82, 2.24) is 0 Å². The van der Waals surface area contributed by atoms with Crippen LogP contribution in [0.2, 0.25) is 0 Å². The van der Waals surface area contributed by atoms with E-state index in [1.165, 1.54) is 44.8 Å². The molecule has 0 saturated carbocycles. The van der Waals surface area contributed by atoms with Crippen LogP contribution in [-0.4, -0.2) is 33.1 Å². The molecule has 1 aromatic heterocycles. The van der Waals surface area contributed by atoms with Crippen LogP contribution in [0.3, 0.4) is 0 Å². The summed E-state index contributed by atoms with van der Waals surface area (Å²) in [6, 6.07) is 9.99. The number of methoxy groups -OCH3 is 3. The van der Waals surface area contributed by atoms with Crippen LogP contribution >= 0.6 is 11.3 Å². The van der Waals surface area contributed by atoms with Crippen LogP contribution in [0.4, 0.5) is 0 Å². The normalized spacial score (nSPS) is 13.5. The lowest BCUT2D eigenvalue weighted by Crippen LogP contribution is -2.10. The number of allylic oxidation sites excluding steroid dienone is 1. The van der Waals surface area contributed by atoms with Crippen LogP contribution in [0, 0.1) is 6.92 Å². The van der Waals surface area contributed by atoms with E-state index in [0.29, 0.717) is 34.1 Å². The van der Waals surface area contributed by atoms with Crippen molar-refractivity contribution in [2.24, 2.45) is 0 Å². The van der Waals surface area contributed by atoms with Gasteiger partial charge in [-0.25, -0.2) is 4.79 Å². The Hall–Kier alpha value is -3.78. The van der Waals surface area contributed by atoms with Crippen molar-refractivity contribution in [2.45, 2.75) is 6.92 Å². The number of thiophene rings is 1. The van der Waals surface area contributed by atoms with Gasteiger partial charge in [-0.05, 0) is 42.6 Å². The summed E-state index contributed by atoms with van der Waals surface area (Å²) in [7, 11) is 4.41. The lowest BCUT2D eigenvalue weighted by atomic mass is 10.1. The minimum Gasteiger partial charge on any atom is -0.493 e. The molecule has 0 amide bonds. The fourth-order valence-electron chi connectivity index (χ4n) is 3.34. The first kappa shape index (κ1) is 21.5. The van der Waals surface area contributed by atoms with Crippen molar-refractivity contribution in [1.29, 1.82) is 0 Å². The second-order valence-corrected chi connectivity index (χ2v) is 7.80. The van der Waals surface area contributed by atoms with Crippen LogP contribution in [0.15, 0.2) is 47.5 Å². The third-order valence-corrected chi connectivity index (χ3v) is 5.78. The number of ether oxygens (including phenoxy) is 5. The monoisotopic (exact) mass is 452 g/mol. The van der Waals surface area contributed by atoms with E-state index in [1.54, 1.807) is 25.1 Å². The van der Waals surface area contributed by atoms with Crippen LogP contribution in [0.5, 0.6) is 28.7 Å². The van der Waals surface area contributed by atoms with Gasteiger partial charge in [0, 0.05) is 16.5 Å². The highest BCUT2D eigenvalue weighted by Gasteiger charge is 2.31. The molecule has 0 spiro atoms. The number of benzene rings is 2. The molecule has 7 nitrogen and oxygen atoms in total. The van der Waals surface area contributed by atoms with E-state index >= 15 is 0 Å². The van der Waals surface area contributed by atoms with Gasteiger partial charge in [0.25, 0.3) is 0 Å². The van der Waals surface area contributed by atoms with Crippen molar-refractivity contribution in [3.63, 3.8) is 0 Å². The number of hydrogen-bond donors (Lipinski definition) is 0. The lowest BCUT2D eigenvalue weighted by molar-refractivity contribution is 0.0732. The van der Waals surface area contributed by atoms with Crippen molar-refractivity contribution in [3.8, 4) is 28.7 Å². The zero-order valence-corrected chi connectivity index (χ0v) is 18.7. The van der Waals surface area contributed by atoms with Gasteiger partial charge in [0.15, 0.2) is 17.3 Å². The van der Waals surface area contributed by atoms with E-state index in [2.05, 4.69) is 0 Å². The summed E-state index contributed by atoms with van der Waals surface area (Å²) >= 11 is 1.51. The van der Waals surface area contributed by atoms with Gasteiger partial charge in [0.05, 0.1) is 32.5 Å². The largest absolute Gasteiger partial charge is 0.493 e. The molecule has 1 aliphatic rings. The Morgan fingerprint density at radius 3 is 2.31 bits per heavy atom. The molecule has 4 rings (SSSR count). The molecule has 0 fully saturated rings. The molecule has 0 atom stereocenters. The van der Waals surface area contributed by atoms with Crippen molar-refractivity contribution in [2.75, 3.05) is 21.3 Å². The molecule has 164 valence electrons. The van der Waals surface area contributed by atoms with Crippen molar-refractivity contribution >= 4 is 29.2 Å². The van der Waals surface area contributed by atoms with Crippen LogP contribution in [-0.2, 0) is 0 Å². The Bertz CT molecular complexity index is 1200. The fourth-order valence-corrected chi connectivity index (χ4v) is 3.99. The Balaban J connectivity index is 1.62. The second-order valence-electron chi connectivity index (χ2n) is 6.82. The highest BCUT2D eigenvalue weighted by Crippen LogP contribution is 2.41. The first-order valence-electron chi connectivity index (χ1n) is 9.60. The number of fused-ring (bicyclic) bond motifs is 1. The molecule has 0 radical (unpaired) electrons. The molecule has 0 unspecified atom stereocenters. The van der Waals surface area contributed by atoms with Crippen LogP contribution in [0.25, 0.3) is 6.08 Å². The zero-order valence-electron chi connectivity index (χ0n) is 17.9. The van der Waals surface area contributed by atoms with Gasteiger partial charge in [0.2, 0.25) is 11.5 Å². The molecule has 0 saturated heterocycles. The van der Waals surface area contributed by atoms with E-state index in [4.69, 9.17) is 23.7 Å². The second kappa shape index (κ2) is 8.76. The molecule has 0 aliphatic carbocycles. The maximum atomic E-state index is 12.9. The molecular weight excluding hydrogens is 432 g/mol. The number of carbonyl (C=O) groups excluding carboxylic acids is 2. The highest BCUT2D eigenvalue weighted by molar-refractivity contribution is 7.10. The molecule has 2 heterocycles. The Kier molecular flexibility index (Phi) is 5.87. The maximum Gasteiger partial charge on any atom is 0.343 e. The van der Waals surface area contributed by atoms with E-state index in [9.17, 15) is 9.59 Å². The lowest BCUT2D eigenvalue weighted by Gasteiger charge is -2.14. The van der Waals surface area contributed by atoms with E-state index in [1.807, 2.05) is 17.5 Å². The number of esters is 1. The van der Waals surface area contributed by atoms with Crippen molar-refractivity contribution < 1.29 is 33.3 Å². The molecule has 0 N–H and O–H groups in total. The predicted molar refractivity (Wildman–Crippen MR) is 119 cm³/mol. The van der Waals surface area contributed by atoms with Crippen molar-refractivity contribution in [3.05, 3.63) is 69.1 Å². The summed E-state index contributed by atoms with van der Waals surface area (Å²) < 4.78 is 27.3. The average molecular weight is 452 g/mol. The summed E-state index contributed by atoms with van der Waals surface area (Å²) in [5.41, 5.74) is 1.19. The zero-order chi connectivity index (χ0) is 22.8. The minimum atomic E-state index is -0.619. The summed E-state index contributed by atoms with van der Waals surface area (Å²) in [6.45, 7) is 1.73. The standard InChI is InChI=1S/C24H20O7S/c1-13-17(31-24(26)14-10-19(27-2)23(29-4)20(11-14)28-3)8-7-16-21(25)18(30-22(13)16)12-15-6-5-9-32-15/h5-12H,1-4H3/b18-12-. The minimum absolute atomic E-state index is 0.209. The number of rotatable bonds is 6. The van der Waals surface area contributed by atoms with Gasteiger partial charge in [-0.1, -0.05) is 6.07 Å². The molecule has 2 aromatic carbocycles. The topological polar surface area (TPSA) is 80.3 Å². The number of hydrogen-bond acceptors (Lipinski definition) is 8. The van der Waals surface area contributed by atoms with Gasteiger partial charge in [-0.2, -0.15) is 0 Å². The molecule has 8 heteroatoms. The van der Waals surface area contributed by atoms with Gasteiger partial charge in [-0.15, -0.1) is 11.3 Å². The van der Waals surface area contributed by atoms with Gasteiger partial charge in [0.1, 0.15) is 11.5 Å². The highest BCUT2D eigenvalue weighted by atomic mass is 32.1. The van der Waals surface area contributed by atoms with E-state index in [-0.39, 0.29) is 22.9 Å². The third-order valence-electron chi connectivity index (χ3n) is 4.96. The average Bonchev–Trinajstić information content (AvgIpc) is 3.43. The summed E-state index contributed by atoms with van der Waals surface area (Å²) in [6.07, 6.45) is 1.70. The van der Waals surface area contributed by atoms with Crippen LogP contribution < -0.4 is 23.7 Å². The summed E-state index contributed by atoms with van der Waals surface area (Å²) in [5.74, 6) is 1.12. The Morgan fingerprint density at radius 2 is 1.72 bits per heavy atom. The SMILES string of the molecule is COc1cc(C(=O)Oc2ccc3c(c2C)O/C(=C\c2cccs2)C3=O)cc(OC)c1OC. The number of ketones is 1. The first-order chi connectivity index (χ1) is 15.5. The smallest absolute Gasteiger partial charge is 0.343 e. The summed E-state index contributed by atoms with van der Waals surface area (Å²) in [4.78, 5) is 26.5. The summed E-state index contributed by atoms with van der Waals surface area (Å²) in [5, 5.41) is 1.92. The Labute approximate surface area is 188 Å². The third kappa shape index (κ3) is 3.80. The molecule has 0 bridgehead atoms. The van der Waals surface area contributed by atoms with Gasteiger partial charge >= 0.3 is 5.97 Å². The predicted octanol–water partition coefficient (Wildman–Crippen LogP) is 4.92. The molecule has 32 heavy (non-hydrogen) atoms. The van der Waals surface area contributed by atoms with Crippen LogP contribution in [0.1, 0.15) is 31.2 Å².